The van der Waals surface area contributed by atoms with Crippen LogP contribution in [0.1, 0.15) is 52.4 Å². The number of nitrogens with one attached hydrogen (secondary N) is 1. The van der Waals surface area contributed by atoms with Crippen molar-refractivity contribution in [2.45, 2.75) is 70.5 Å². The molecule has 2 aliphatic carbocycles. The molecule has 0 aromatic rings. The molecule has 0 aromatic carbocycles. The molecule has 2 saturated carbocycles. The second kappa shape index (κ2) is 4.89. The maximum Gasteiger partial charge on any atom is 0.0210 e. The average Bonchev–Trinajstić information content (AvgIpc) is 3.06. The highest BCUT2D eigenvalue weighted by molar-refractivity contribution is 4.94. The molecule has 3 aliphatic rings. The second-order valence-electron chi connectivity index (χ2n) is 6.75. The molecule has 0 amide bonds. The maximum atomic E-state index is 3.97. The van der Waals surface area contributed by atoms with Crippen LogP contribution in [0.25, 0.3) is 0 Å². The molecule has 0 spiro atoms. The van der Waals surface area contributed by atoms with E-state index in [2.05, 4.69) is 24.1 Å². The van der Waals surface area contributed by atoms with Gasteiger partial charge in [0.1, 0.15) is 0 Å². The number of hydrogen-bond acceptors (Lipinski definition) is 2. The van der Waals surface area contributed by atoms with Crippen LogP contribution in [0.4, 0.5) is 0 Å². The molecule has 3 fully saturated rings. The normalized spacial score (nSPS) is 44.1. The Morgan fingerprint density at radius 3 is 2.59 bits per heavy atom. The Kier molecular flexibility index (Phi) is 3.45. The van der Waals surface area contributed by atoms with Crippen LogP contribution in [-0.4, -0.2) is 36.1 Å². The summed E-state index contributed by atoms with van der Waals surface area (Å²) in [5.41, 5.74) is 0. The molecular weight excluding hydrogens is 208 g/mol. The molecule has 0 bridgehead atoms. The summed E-state index contributed by atoms with van der Waals surface area (Å²) in [6.07, 6.45) is 8.59. The van der Waals surface area contributed by atoms with Gasteiger partial charge in [0.2, 0.25) is 0 Å². The van der Waals surface area contributed by atoms with Crippen LogP contribution in [-0.2, 0) is 0 Å². The van der Waals surface area contributed by atoms with Crippen molar-refractivity contribution in [2.75, 3.05) is 13.1 Å². The summed E-state index contributed by atoms with van der Waals surface area (Å²) in [6.45, 7) is 7.56. The molecule has 0 aromatic heterocycles. The zero-order chi connectivity index (χ0) is 11.8. The monoisotopic (exact) mass is 236 g/mol. The van der Waals surface area contributed by atoms with Crippen LogP contribution < -0.4 is 5.32 Å². The van der Waals surface area contributed by atoms with E-state index in [1.807, 2.05) is 0 Å². The van der Waals surface area contributed by atoms with Crippen molar-refractivity contribution in [2.24, 2.45) is 11.8 Å². The fraction of sp³-hybridized carbons (Fsp3) is 1.00. The van der Waals surface area contributed by atoms with Crippen molar-refractivity contribution in [3.63, 3.8) is 0 Å². The van der Waals surface area contributed by atoms with E-state index in [0.29, 0.717) is 0 Å². The molecule has 1 heterocycles. The largest absolute Gasteiger partial charge is 0.310 e. The summed E-state index contributed by atoms with van der Waals surface area (Å²) in [4.78, 5) is 2.72. The predicted molar refractivity (Wildman–Crippen MR) is 72.1 cm³/mol. The van der Waals surface area contributed by atoms with E-state index in [0.717, 1.165) is 30.0 Å². The van der Waals surface area contributed by atoms with Gasteiger partial charge in [-0.2, -0.15) is 0 Å². The smallest absolute Gasteiger partial charge is 0.0210 e. The first-order valence-electron chi connectivity index (χ1n) is 7.74. The van der Waals surface area contributed by atoms with Crippen molar-refractivity contribution >= 4 is 0 Å². The number of hydrogen-bond donors (Lipinski definition) is 1. The highest BCUT2D eigenvalue weighted by Gasteiger charge is 2.36. The Hall–Kier alpha value is -0.0800. The molecule has 0 radical (unpaired) electrons. The van der Waals surface area contributed by atoms with E-state index in [4.69, 9.17) is 0 Å². The molecule has 4 atom stereocenters. The number of rotatable bonds is 3. The van der Waals surface area contributed by atoms with Gasteiger partial charge < -0.3 is 5.32 Å². The minimum atomic E-state index is 0.786. The van der Waals surface area contributed by atoms with E-state index < -0.39 is 0 Å². The fourth-order valence-corrected chi connectivity index (χ4v) is 3.81. The molecule has 1 saturated heterocycles. The summed E-state index contributed by atoms with van der Waals surface area (Å²) in [7, 11) is 0. The second-order valence-corrected chi connectivity index (χ2v) is 6.75. The maximum absolute atomic E-state index is 3.97. The Labute approximate surface area is 106 Å². The van der Waals surface area contributed by atoms with Gasteiger partial charge in [-0.15, -0.1) is 0 Å². The van der Waals surface area contributed by atoms with Crippen molar-refractivity contribution in [3.8, 4) is 0 Å². The topological polar surface area (TPSA) is 15.3 Å². The number of likely N-dealkylation sites (tertiary alicyclic amines) is 1. The number of nitrogens with zero attached hydrogens (tertiary/aromatic N) is 1. The lowest BCUT2D eigenvalue weighted by Gasteiger charge is -2.36. The molecular formula is C15H28N2. The molecule has 1 N–H and O–H groups in total. The lowest BCUT2D eigenvalue weighted by atomic mass is 9.78. The van der Waals surface area contributed by atoms with Crippen LogP contribution in [0.2, 0.25) is 0 Å². The Morgan fingerprint density at radius 1 is 1.00 bits per heavy atom. The summed E-state index contributed by atoms with van der Waals surface area (Å²) >= 11 is 0. The minimum absolute atomic E-state index is 0.786. The molecule has 3 rings (SSSR count). The van der Waals surface area contributed by atoms with Crippen molar-refractivity contribution in [1.29, 1.82) is 0 Å². The van der Waals surface area contributed by atoms with Gasteiger partial charge in [-0.1, -0.05) is 26.7 Å². The van der Waals surface area contributed by atoms with E-state index in [-0.39, 0.29) is 0 Å². The average molecular weight is 236 g/mol. The van der Waals surface area contributed by atoms with Gasteiger partial charge in [-0.05, 0) is 37.5 Å². The molecule has 4 unspecified atom stereocenters. The van der Waals surface area contributed by atoms with Gasteiger partial charge in [-0.3, -0.25) is 4.90 Å². The molecule has 98 valence electrons. The van der Waals surface area contributed by atoms with Crippen molar-refractivity contribution < 1.29 is 0 Å². The summed E-state index contributed by atoms with van der Waals surface area (Å²) < 4.78 is 0. The summed E-state index contributed by atoms with van der Waals surface area (Å²) in [5, 5.41) is 3.97. The van der Waals surface area contributed by atoms with Crippen LogP contribution in [0, 0.1) is 11.8 Å². The Morgan fingerprint density at radius 2 is 1.82 bits per heavy atom. The van der Waals surface area contributed by atoms with E-state index >= 15 is 0 Å². The first kappa shape index (κ1) is 12.0. The first-order valence-corrected chi connectivity index (χ1v) is 7.74. The van der Waals surface area contributed by atoms with Crippen LogP contribution in [0.3, 0.4) is 0 Å². The third kappa shape index (κ3) is 2.68. The van der Waals surface area contributed by atoms with E-state index in [1.165, 1.54) is 51.6 Å². The lowest BCUT2D eigenvalue weighted by Crippen LogP contribution is -2.46. The van der Waals surface area contributed by atoms with Gasteiger partial charge >= 0.3 is 0 Å². The fourth-order valence-electron chi connectivity index (χ4n) is 3.81. The molecule has 2 heteroatoms. The summed E-state index contributed by atoms with van der Waals surface area (Å²) in [5.74, 6) is 1.79. The van der Waals surface area contributed by atoms with Crippen LogP contribution in [0.15, 0.2) is 0 Å². The van der Waals surface area contributed by atoms with Crippen LogP contribution in [0.5, 0.6) is 0 Å². The SMILES string of the molecule is CC1CCCC(NC2CCN(C3CC3)C2)C1C. The van der Waals surface area contributed by atoms with Gasteiger partial charge in [0.15, 0.2) is 0 Å². The highest BCUT2D eigenvalue weighted by atomic mass is 15.2. The zero-order valence-electron chi connectivity index (χ0n) is 11.5. The quantitative estimate of drug-likeness (QED) is 0.810. The third-order valence-electron chi connectivity index (χ3n) is 5.44. The molecule has 17 heavy (non-hydrogen) atoms. The first-order chi connectivity index (χ1) is 8.24. The Balaban J connectivity index is 1.49. The standard InChI is InChI=1S/C15H28N2/c1-11-4-3-5-15(12(11)2)16-13-8-9-17(10-13)14-6-7-14/h11-16H,3-10H2,1-2H3. The van der Waals surface area contributed by atoms with Gasteiger partial charge in [0.25, 0.3) is 0 Å². The van der Waals surface area contributed by atoms with Crippen molar-refractivity contribution in [1.82, 2.24) is 10.2 Å². The summed E-state index contributed by atoms with van der Waals surface area (Å²) in [6, 6.07) is 2.54. The third-order valence-corrected chi connectivity index (χ3v) is 5.44. The van der Waals surface area contributed by atoms with E-state index in [1.54, 1.807) is 0 Å². The van der Waals surface area contributed by atoms with E-state index in [9.17, 15) is 0 Å². The van der Waals surface area contributed by atoms with Gasteiger partial charge in [0.05, 0.1) is 0 Å². The predicted octanol–water partition coefficient (Wildman–Crippen LogP) is 2.64. The Bertz CT molecular complexity index is 262. The minimum Gasteiger partial charge on any atom is -0.310 e. The van der Waals surface area contributed by atoms with Gasteiger partial charge in [-0.25, -0.2) is 0 Å². The van der Waals surface area contributed by atoms with Crippen molar-refractivity contribution in [3.05, 3.63) is 0 Å². The van der Waals surface area contributed by atoms with Crippen LogP contribution >= 0.6 is 0 Å². The zero-order valence-corrected chi connectivity index (χ0v) is 11.5. The highest BCUT2D eigenvalue weighted by Crippen LogP contribution is 2.32. The lowest BCUT2D eigenvalue weighted by molar-refractivity contribution is 0.192. The molecule has 2 nitrogen and oxygen atoms in total. The molecule has 1 aliphatic heterocycles. The van der Waals surface area contributed by atoms with Gasteiger partial charge in [0, 0.05) is 31.2 Å².